The Balaban J connectivity index is 1.79. The highest BCUT2D eigenvalue weighted by Gasteiger charge is 2.30. The van der Waals surface area contributed by atoms with E-state index in [-0.39, 0.29) is 16.8 Å². The van der Waals surface area contributed by atoms with Gasteiger partial charge in [-0.2, -0.15) is 0 Å². The average Bonchev–Trinajstić information content (AvgIpc) is 3.41. The maximum atomic E-state index is 12.8. The maximum absolute atomic E-state index is 12.8. The lowest BCUT2D eigenvalue weighted by molar-refractivity contribution is -0.117. The molecule has 1 saturated carbocycles. The van der Waals surface area contributed by atoms with E-state index in [2.05, 4.69) is 5.32 Å². The van der Waals surface area contributed by atoms with E-state index in [0.29, 0.717) is 22.0 Å². The minimum absolute atomic E-state index is 0.0891. The molecular weight excluding hydrogens is 407 g/mol. The number of hydrogen-bond acceptors (Lipinski definition) is 2. The molecule has 1 heterocycles. The Kier molecular flexibility index (Phi) is 4.89. The van der Waals surface area contributed by atoms with E-state index in [4.69, 9.17) is 34.8 Å². The van der Waals surface area contributed by atoms with Crippen molar-refractivity contribution in [1.29, 1.82) is 0 Å². The predicted octanol–water partition coefficient (Wildman–Crippen LogP) is 5.11. The number of carbonyl (C=O) groups is 2. The number of benzene rings is 2. The summed E-state index contributed by atoms with van der Waals surface area (Å²) >= 11 is 18.6. The number of hydrogen-bond donors (Lipinski definition) is 1. The van der Waals surface area contributed by atoms with Gasteiger partial charge in [0.05, 0.1) is 11.1 Å². The molecule has 2 aromatic carbocycles. The third-order valence-corrected chi connectivity index (χ3v) is 5.44. The van der Waals surface area contributed by atoms with Crippen LogP contribution in [-0.4, -0.2) is 22.3 Å². The number of amides is 1. The molecule has 4 rings (SSSR count). The second-order valence-electron chi connectivity index (χ2n) is 6.62. The predicted molar refractivity (Wildman–Crippen MR) is 108 cm³/mol. The number of nitrogens with one attached hydrogen (secondary N) is 1. The van der Waals surface area contributed by atoms with Gasteiger partial charge in [-0.15, -0.1) is 0 Å². The van der Waals surface area contributed by atoms with Crippen LogP contribution in [0.25, 0.3) is 10.9 Å². The molecule has 0 unspecified atom stereocenters. The first-order valence-electron chi connectivity index (χ1n) is 8.51. The summed E-state index contributed by atoms with van der Waals surface area (Å²) in [6.45, 7) is 0.436. The standard InChI is InChI=1S/C20H15Cl3N2O2/c21-12-3-1-11(2-4-12)10-25-16-8-5-13(22)9-15(16)17(19(25)23)18(26)20(27)24-14-6-7-14/h1-5,8-9,14H,6-7,10H2,(H,24,27). The van der Waals surface area contributed by atoms with Crippen molar-refractivity contribution in [3.63, 3.8) is 0 Å². The zero-order valence-corrected chi connectivity index (χ0v) is 16.4. The monoisotopic (exact) mass is 420 g/mol. The summed E-state index contributed by atoms with van der Waals surface area (Å²) in [5.74, 6) is -1.28. The van der Waals surface area contributed by atoms with Crippen molar-refractivity contribution in [2.75, 3.05) is 0 Å². The SMILES string of the molecule is O=C(NC1CC1)C(=O)c1c(Cl)n(Cc2ccc(Cl)cc2)c2ccc(Cl)cc12. The zero-order valence-electron chi connectivity index (χ0n) is 14.1. The fourth-order valence-corrected chi connectivity index (χ4v) is 3.67. The molecule has 1 aromatic heterocycles. The van der Waals surface area contributed by atoms with Crippen molar-refractivity contribution in [1.82, 2.24) is 9.88 Å². The molecule has 3 aromatic rings. The van der Waals surface area contributed by atoms with Crippen molar-refractivity contribution < 1.29 is 9.59 Å². The van der Waals surface area contributed by atoms with Crippen LogP contribution in [0.3, 0.4) is 0 Å². The summed E-state index contributed by atoms with van der Waals surface area (Å²) in [5.41, 5.74) is 1.89. The highest BCUT2D eigenvalue weighted by molar-refractivity contribution is 6.49. The number of halogens is 3. The van der Waals surface area contributed by atoms with Gasteiger partial charge in [0.15, 0.2) is 0 Å². The van der Waals surface area contributed by atoms with Crippen LogP contribution in [0.15, 0.2) is 42.5 Å². The molecule has 0 bridgehead atoms. The molecule has 0 saturated heterocycles. The van der Waals surface area contributed by atoms with Crippen LogP contribution < -0.4 is 5.32 Å². The van der Waals surface area contributed by atoms with E-state index in [0.717, 1.165) is 23.9 Å². The lowest BCUT2D eigenvalue weighted by atomic mass is 10.1. The smallest absolute Gasteiger partial charge is 0.292 e. The van der Waals surface area contributed by atoms with Gasteiger partial charge < -0.3 is 9.88 Å². The summed E-state index contributed by atoms with van der Waals surface area (Å²) in [6, 6.07) is 12.7. The molecule has 7 heteroatoms. The van der Waals surface area contributed by atoms with Gasteiger partial charge in [-0.05, 0) is 48.7 Å². The van der Waals surface area contributed by atoms with Gasteiger partial charge in [-0.25, -0.2) is 0 Å². The Morgan fingerprint density at radius 1 is 1.00 bits per heavy atom. The number of Topliss-reactive ketones (excluding diaryl/α,β-unsaturated/α-hetero) is 1. The number of rotatable bonds is 5. The van der Waals surface area contributed by atoms with Crippen LogP contribution in [0.2, 0.25) is 15.2 Å². The number of carbonyl (C=O) groups excluding carboxylic acids is 2. The molecule has 0 atom stereocenters. The fraction of sp³-hybridized carbons (Fsp3) is 0.200. The minimum atomic E-state index is -0.644. The first kappa shape index (κ1) is 18.4. The lowest BCUT2D eigenvalue weighted by Gasteiger charge is -2.08. The summed E-state index contributed by atoms with van der Waals surface area (Å²) in [7, 11) is 0. The molecule has 1 amide bonds. The van der Waals surface area contributed by atoms with Gasteiger partial charge in [0, 0.05) is 28.0 Å². The van der Waals surface area contributed by atoms with Crippen molar-refractivity contribution in [2.45, 2.75) is 25.4 Å². The first-order valence-corrected chi connectivity index (χ1v) is 9.64. The normalized spacial score (nSPS) is 13.7. The summed E-state index contributed by atoms with van der Waals surface area (Å²) in [4.78, 5) is 25.1. The summed E-state index contributed by atoms with van der Waals surface area (Å²) in [5, 5.41) is 4.62. The van der Waals surface area contributed by atoms with E-state index in [9.17, 15) is 9.59 Å². The van der Waals surface area contributed by atoms with Gasteiger partial charge >= 0.3 is 0 Å². The molecule has 138 valence electrons. The maximum Gasteiger partial charge on any atom is 0.292 e. The van der Waals surface area contributed by atoms with Crippen LogP contribution in [0, 0.1) is 0 Å². The Labute approximate surface area is 171 Å². The lowest BCUT2D eigenvalue weighted by Crippen LogP contribution is -2.32. The van der Waals surface area contributed by atoms with Gasteiger partial charge in [-0.1, -0.05) is 46.9 Å². The van der Waals surface area contributed by atoms with Crippen LogP contribution in [0.1, 0.15) is 28.8 Å². The third kappa shape index (κ3) is 3.70. The Bertz CT molecular complexity index is 1050. The second-order valence-corrected chi connectivity index (χ2v) is 7.85. The third-order valence-electron chi connectivity index (χ3n) is 4.56. The van der Waals surface area contributed by atoms with Crippen molar-refractivity contribution in [3.8, 4) is 0 Å². The number of nitrogens with zero attached hydrogens (tertiary/aromatic N) is 1. The number of aromatic nitrogens is 1. The largest absolute Gasteiger partial charge is 0.346 e. The molecule has 0 spiro atoms. The number of ketones is 1. The van der Waals surface area contributed by atoms with Crippen molar-refractivity contribution >= 4 is 57.4 Å². The molecule has 1 aliphatic carbocycles. The quantitative estimate of drug-likeness (QED) is 0.460. The molecule has 4 nitrogen and oxygen atoms in total. The zero-order chi connectivity index (χ0) is 19.1. The van der Waals surface area contributed by atoms with Crippen LogP contribution >= 0.6 is 34.8 Å². The molecule has 1 fully saturated rings. The second kappa shape index (κ2) is 7.19. The molecule has 27 heavy (non-hydrogen) atoms. The minimum Gasteiger partial charge on any atom is -0.346 e. The van der Waals surface area contributed by atoms with Crippen LogP contribution in [0.5, 0.6) is 0 Å². The molecule has 0 aliphatic heterocycles. The highest BCUT2D eigenvalue weighted by Crippen LogP contribution is 2.33. The first-order chi connectivity index (χ1) is 12.9. The van der Waals surface area contributed by atoms with Crippen molar-refractivity contribution in [3.05, 3.63) is 68.8 Å². The highest BCUT2D eigenvalue weighted by atomic mass is 35.5. The Hall–Kier alpha value is -2.01. The Morgan fingerprint density at radius 2 is 1.67 bits per heavy atom. The number of fused-ring (bicyclic) bond motifs is 1. The van der Waals surface area contributed by atoms with Gasteiger partial charge in [-0.3, -0.25) is 9.59 Å². The fourth-order valence-electron chi connectivity index (χ4n) is 3.03. The van der Waals surface area contributed by atoms with E-state index in [1.54, 1.807) is 34.9 Å². The molecule has 1 aliphatic rings. The Morgan fingerprint density at radius 3 is 2.33 bits per heavy atom. The van der Waals surface area contributed by atoms with E-state index >= 15 is 0 Å². The summed E-state index contributed by atoms with van der Waals surface area (Å²) in [6.07, 6.45) is 1.80. The van der Waals surface area contributed by atoms with Gasteiger partial charge in [0.2, 0.25) is 0 Å². The van der Waals surface area contributed by atoms with E-state index < -0.39 is 11.7 Å². The van der Waals surface area contributed by atoms with Gasteiger partial charge in [0.1, 0.15) is 5.15 Å². The molecule has 0 radical (unpaired) electrons. The summed E-state index contributed by atoms with van der Waals surface area (Å²) < 4.78 is 1.80. The van der Waals surface area contributed by atoms with Gasteiger partial charge in [0.25, 0.3) is 11.7 Å². The van der Waals surface area contributed by atoms with Crippen LogP contribution in [0.4, 0.5) is 0 Å². The van der Waals surface area contributed by atoms with Crippen LogP contribution in [-0.2, 0) is 11.3 Å². The average molecular weight is 422 g/mol. The molecule has 1 N–H and O–H groups in total. The van der Waals surface area contributed by atoms with E-state index in [1.165, 1.54) is 0 Å². The van der Waals surface area contributed by atoms with E-state index in [1.807, 2.05) is 12.1 Å². The topological polar surface area (TPSA) is 51.1 Å². The van der Waals surface area contributed by atoms with Crippen molar-refractivity contribution in [2.24, 2.45) is 0 Å². The molecular formula is C20H15Cl3N2O2.